The second kappa shape index (κ2) is 11.8. The van der Waals surface area contributed by atoms with Gasteiger partial charge in [-0.05, 0) is 25.0 Å². The average Bonchev–Trinajstić information content (AvgIpc) is 3.43. The summed E-state index contributed by atoms with van der Waals surface area (Å²) in [6, 6.07) is 9.15. The molecule has 3 aromatic rings. The smallest absolute Gasteiger partial charge is 0.257 e. The van der Waals surface area contributed by atoms with Gasteiger partial charge >= 0.3 is 0 Å². The molecule has 0 saturated heterocycles. The Hall–Kier alpha value is -3.07. The second-order valence-electron chi connectivity index (χ2n) is 6.66. The van der Waals surface area contributed by atoms with Crippen LogP contribution in [0.4, 0.5) is 0 Å². The van der Waals surface area contributed by atoms with Gasteiger partial charge in [0.2, 0.25) is 0 Å². The van der Waals surface area contributed by atoms with E-state index in [1.165, 1.54) is 0 Å². The number of hydrogen-bond acceptors (Lipinski definition) is 5. The molecule has 0 aliphatic heterocycles. The predicted octanol–water partition coefficient (Wildman–Crippen LogP) is 2.38. The Morgan fingerprint density at radius 1 is 1.30 bits per heavy atom. The van der Waals surface area contributed by atoms with Crippen LogP contribution in [0.3, 0.4) is 0 Å². The molecule has 8 nitrogen and oxygen atoms in total. The van der Waals surface area contributed by atoms with Crippen molar-refractivity contribution >= 4 is 23.6 Å². The van der Waals surface area contributed by atoms with Gasteiger partial charge in [-0.1, -0.05) is 18.2 Å². The van der Waals surface area contributed by atoms with E-state index in [0.29, 0.717) is 24.6 Å². The number of H-pyrrole nitrogens is 1. The molecular formula is C21H27N7OS. The van der Waals surface area contributed by atoms with Crippen LogP contribution in [0.1, 0.15) is 28.3 Å². The Morgan fingerprint density at radius 2 is 2.17 bits per heavy atom. The van der Waals surface area contributed by atoms with Crippen LogP contribution >= 0.6 is 11.8 Å². The van der Waals surface area contributed by atoms with Gasteiger partial charge < -0.3 is 14.9 Å². The number of amides is 1. The Bertz CT molecular complexity index is 922. The van der Waals surface area contributed by atoms with Crippen molar-refractivity contribution in [1.29, 1.82) is 0 Å². The number of benzene rings is 1. The number of aromatic nitrogens is 4. The first-order valence-electron chi connectivity index (χ1n) is 9.88. The summed E-state index contributed by atoms with van der Waals surface area (Å²) in [6.45, 7) is 1.31. The highest BCUT2D eigenvalue weighted by molar-refractivity contribution is 7.98. The van der Waals surface area contributed by atoms with Crippen LogP contribution < -0.4 is 10.6 Å². The molecule has 0 bridgehead atoms. The molecule has 3 rings (SSSR count). The maximum absolute atomic E-state index is 12.5. The lowest BCUT2D eigenvalue weighted by atomic mass is 10.2. The number of rotatable bonds is 10. The number of nitrogens with one attached hydrogen (secondary N) is 3. The van der Waals surface area contributed by atoms with E-state index in [4.69, 9.17) is 0 Å². The molecule has 2 aromatic heterocycles. The topological polar surface area (TPSA) is 100.0 Å². The fraction of sp³-hybridized carbons (Fsp3) is 0.333. The molecule has 0 saturated carbocycles. The molecular weight excluding hydrogens is 398 g/mol. The Morgan fingerprint density at radius 3 is 2.90 bits per heavy atom. The number of thioether (sulfide) groups is 1. The number of aryl methyl sites for hydroxylation is 2. The van der Waals surface area contributed by atoms with Gasteiger partial charge in [0.15, 0.2) is 5.96 Å². The van der Waals surface area contributed by atoms with Gasteiger partial charge in [0.25, 0.3) is 5.91 Å². The summed E-state index contributed by atoms with van der Waals surface area (Å²) >= 11 is 1.78. The van der Waals surface area contributed by atoms with Crippen LogP contribution in [0.25, 0.3) is 0 Å². The SMILES string of the molecule is Cn1ccnc1CSCCNC(=NCCCc1cnc[nH]1)NC(=O)c1ccccc1. The minimum absolute atomic E-state index is 0.170. The molecule has 0 radical (unpaired) electrons. The minimum atomic E-state index is -0.170. The number of hydrogen-bond donors (Lipinski definition) is 3. The van der Waals surface area contributed by atoms with Gasteiger partial charge in [-0.2, -0.15) is 11.8 Å². The Labute approximate surface area is 180 Å². The minimum Gasteiger partial charge on any atom is -0.355 e. The molecule has 9 heteroatoms. The highest BCUT2D eigenvalue weighted by Crippen LogP contribution is 2.08. The maximum atomic E-state index is 12.5. The van der Waals surface area contributed by atoms with E-state index in [2.05, 4.69) is 30.6 Å². The highest BCUT2D eigenvalue weighted by atomic mass is 32.2. The summed E-state index contributed by atoms with van der Waals surface area (Å²) in [7, 11) is 1.99. The van der Waals surface area contributed by atoms with E-state index in [0.717, 1.165) is 35.9 Å². The monoisotopic (exact) mass is 425 g/mol. The number of aliphatic imine (C=N–C) groups is 1. The Balaban J connectivity index is 1.48. The first-order chi connectivity index (χ1) is 14.7. The molecule has 2 heterocycles. The van der Waals surface area contributed by atoms with Gasteiger partial charge in [0, 0.05) is 55.7 Å². The highest BCUT2D eigenvalue weighted by Gasteiger charge is 2.08. The van der Waals surface area contributed by atoms with Crippen LogP contribution in [-0.4, -0.2) is 50.2 Å². The molecule has 0 atom stereocenters. The van der Waals surface area contributed by atoms with E-state index >= 15 is 0 Å². The molecule has 0 aliphatic carbocycles. The molecule has 0 aliphatic rings. The fourth-order valence-corrected chi connectivity index (χ4v) is 3.58. The number of aromatic amines is 1. The first kappa shape index (κ1) is 21.6. The lowest BCUT2D eigenvalue weighted by Crippen LogP contribution is -2.42. The summed E-state index contributed by atoms with van der Waals surface area (Å²) in [4.78, 5) is 28.5. The van der Waals surface area contributed by atoms with E-state index in [1.807, 2.05) is 42.2 Å². The zero-order valence-electron chi connectivity index (χ0n) is 17.0. The van der Waals surface area contributed by atoms with Crippen molar-refractivity contribution in [2.24, 2.45) is 12.0 Å². The number of carbonyl (C=O) groups is 1. The zero-order chi connectivity index (χ0) is 21.0. The summed E-state index contributed by atoms with van der Waals surface area (Å²) in [6.07, 6.45) is 8.97. The third-order valence-corrected chi connectivity index (χ3v) is 5.34. The molecule has 30 heavy (non-hydrogen) atoms. The number of carbonyl (C=O) groups excluding carboxylic acids is 1. The van der Waals surface area contributed by atoms with Gasteiger partial charge in [-0.25, -0.2) is 9.97 Å². The number of nitrogens with zero attached hydrogens (tertiary/aromatic N) is 4. The van der Waals surface area contributed by atoms with Crippen molar-refractivity contribution in [3.63, 3.8) is 0 Å². The number of imidazole rings is 2. The molecule has 0 fully saturated rings. The van der Waals surface area contributed by atoms with Crippen molar-refractivity contribution in [3.05, 3.63) is 72.3 Å². The van der Waals surface area contributed by atoms with Crippen LogP contribution in [-0.2, 0) is 19.2 Å². The van der Waals surface area contributed by atoms with Gasteiger partial charge in [-0.3, -0.25) is 15.1 Å². The van der Waals surface area contributed by atoms with Crippen LogP contribution in [0.2, 0.25) is 0 Å². The summed E-state index contributed by atoms with van der Waals surface area (Å²) in [5, 5.41) is 6.15. The first-order valence-corrected chi connectivity index (χ1v) is 11.0. The summed E-state index contributed by atoms with van der Waals surface area (Å²) in [5.74, 6) is 3.10. The van der Waals surface area contributed by atoms with Crippen LogP contribution in [0.15, 0.2) is 60.2 Å². The molecule has 1 amide bonds. The predicted molar refractivity (Wildman–Crippen MR) is 120 cm³/mol. The van der Waals surface area contributed by atoms with Crippen molar-refractivity contribution < 1.29 is 4.79 Å². The van der Waals surface area contributed by atoms with E-state index in [1.54, 1.807) is 36.4 Å². The lowest BCUT2D eigenvalue weighted by Gasteiger charge is -2.12. The molecule has 158 valence electrons. The zero-order valence-corrected chi connectivity index (χ0v) is 17.9. The van der Waals surface area contributed by atoms with Gasteiger partial charge in [0.05, 0.1) is 12.1 Å². The van der Waals surface area contributed by atoms with E-state index in [9.17, 15) is 4.79 Å². The third-order valence-electron chi connectivity index (χ3n) is 4.39. The van der Waals surface area contributed by atoms with Crippen molar-refractivity contribution in [2.45, 2.75) is 18.6 Å². The van der Waals surface area contributed by atoms with E-state index in [-0.39, 0.29) is 5.91 Å². The second-order valence-corrected chi connectivity index (χ2v) is 7.77. The molecule has 1 aromatic carbocycles. The van der Waals surface area contributed by atoms with Gasteiger partial charge in [-0.15, -0.1) is 0 Å². The lowest BCUT2D eigenvalue weighted by molar-refractivity contribution is 0.0976. The van der Waals surface area contributed by atoms with Crippen molar-refractivity contribution in [2.75, 3.05) is 18.8 Å². The maximum Gasteiger partial charge on any atom is 0.257 e. The van der Waals surface area contributed by atoms with Gasteiger partial charge in [0.1, 0.15) is 5.82 Å². The molecule has 0 unspecified atom stereocenters. The quantitative estimate of drug-likeness (QED) is 0.263. The van der Waals surface area contributed by atoms with Crippen LogP contribution in [0, 0.1) is 0 Å². The molecule has 3 N–H and O–H groups in total. The standard InChI is InChI=1S/C21H27N7OS/c1-28-12-10-23-19(28)15-30-13-11-25-21(24-9-5-8-18-14-22-16-26-18)27-20(29)17-6-3-2-4-7-17/h2-4,6-7,10,12,14,16H,5,8-9,11,13,15H2,1H3,(H,22,26)(H2,24,25,27,29). The largest absolute Gasteiger partial charge is 0.355 e. The normalized spacial score (nSPS) is 11.4. The van der Waals surface area contributed by atoms with Crippen molar-refractivity contribution in [3.8, 4) is 0 Å². The Kier molecular flexibility index (Phi) is 8.52. The summed E-state index contributed by atoms with van der Waals surface area (Å²) < 4.78 is 2.02. The number of guanidine groups is 1. The third kappa shape index (κ3) is 7.07. The fourth-order valence-electron chi connectivity index (χ4n) is 2.73. The molecule has 0 spiro atoms. The van der Waals surface area contributed by atoms with Crippen LogP contribution in [0.5, 0.6) is 0 Å². The van der Waals surface area contributed by atoms with Crippen molar-refractivity contribution in [1.82, 2.24) is 30.2 Å². The van der Waals surface area contributed by atoms with E-state index < -0.39 is 0 Å². The average molecular weight is 426 g/mol. The summed E-state index contributed by atoms with van der Waals surface area (Å²) in [5.41, 5.74) is 1.69.